The summed E-state index contributed by atoms with van der Waals surface area (Å²) < 4.78 is 0.759. The first kappa shape index (κ1) is 18.4. The summed E-state index contributed by atoms with van der Waals surface area (Å²) >= 11 is 2.82. The van der Waals surface area contributed by atoms with Crippen LogP contribution >= 0.6 is 23.1 Å². The number of rotatable bonds is 6. The van der Waals surface area contributed by atoms with Crippen molar-refractivity contribution in [1.29, 1.82) is 0 Å². The fourth-order valence-electron chi connectivity index (χ4n) is 2.22. The third kappa shape index (κ3) is 5.06. The normalized spacial score (nSPS) is 10.6. The Balaban J connectivity index is 1.51. The van der Waals surface area contributed by atoms with Crippen LogP contribution in [0.5, 0.6) is 0 Å². The minimum absolute atomic E-state index is 0.0542. The van der Waals surface area contributed by atoms with Crippen LogP contribution in [0.2, 0.25) is 0 Å². The fraction of sp³-hybridized carbons (Fsp3) is 0.211. The van der Waals surface area contributed by atoms with Crippen LogP contribution in [-0.2, 0) is 4.79 Å². The molecule has 7 heteroatoms. The highest BCUT2D eigenvalue weighted by atomic mass is 32.2. The Hall–Kier alpha value is -2.38. The van der Waals surface area contributed by atoms with Gasteiger partial charge in [0.1, 0.15) is 0 Å². The predicted molar refractivity (Wildman–Crippen MR) is 110 cm³/mol. The maximum absolute atomic E-state index is 12.1. The Morgan fingerprint density at radius 2 is 1.73 bits per heavy atom. The molecule has 2 aromatic carbocycles. The van der Waals surface area contributed by atoms with Gasteiger partial charge in [0.15, 0.2) is 4.34 Å². The maximum Gasteiger partial charge on any atom is 0.234 e. The molecule has 0 unspecified atom stereocenters. The molecule has 0 spiro atoms. The highest BCUT2D eigenvalue weighted by Gasteiger charge is 2.09. The number of aryl methyl sites for hydroxylation is 3. The van der Waals surface area contributed by atoms with Gasteiger partial charge in [-0.25, -0.2) is 0 Å². The lowest BCUT2D eigenvalue weighted by atomic mass is 10.1. The number of carbonyl (C=O) groups is 1. The Kier molecular flexibility index (Phi) is 5.90. The maximum atomic E-state index is 12.1. The zero-order valence-electron chi connectivity index (χ0n) is 14.9. The standard InChI is InChI=1S/C19H20N4OS2/c1-12-4-7-15(8-5-12)21-18-22-23-19(26-18)25-11-17(24)20-16-9-6-13(2)14(3)10-16/h4-10H,11H2,1-3H3,(H,20,24)(H,21,22). The lowest BCUT2D eigenvalue weighted by Gasteiger charge is -2.06. The van der Waals surface area contributed by atoms with Gasteiger partial charge in [0.05, 0.1) is 5.75 Å². The van der Waals surface area contributed by atoms with E-state index in [1.165, 1.54) is 34.2 Å². The second kappa shape index (κ2) is 8.33. The van der Waals surface area contributed by atoms with Crippen LogP contribution in [0.15, 0.2) is 46.8 Å². The molecule has 26 heavy (non-hydrogen) atoms. The molecule has 134 valence electrons. The number of amides is 1. The van der Waals surface area contributed by atoms with E-state index in [-0.39, 0.29) is 5.91 Å². The molecule has 3 rings (SSSR count). The first-order valence-electron chi connectivity index (χ1n) is 8.17. The van der Waals surface area contributed by atoms with Gasteiger partial charge in [-0.3, -0.25) is 4.79 Å². The molecule has 1 heterocycles. The molecule has 0 fully saturated rings. The van der Waals surface area contributed by atoms with Crippen LogP contribution in [0.4, 0.5) is 16.5 Å². The highest BCUT2D eigenvalue weighted by molar-refractivity contribution is 8.01. The SMILES string of the molecule is Cc1ccc(Nc2nnc(SCC(=O)Nc3ccc(C)c(C)c3)s2)cc1. The van der Waals surface area contributed by atoms with E-state index in [4.69, 9.17) is 0 Å². The van der Waals surface area contributed by atoms with Crippen molar-refractivity contribution in [2.24, 2.45) is 0 Å². The van der Waals surface area contributed by atoms with E-state index in [9.17, 15) is 4.79 Å². The van der Waals surface area contributed by atoms with Gasteiger partial charge in [-0.1, -0.05) is 46.9 Å². The summed E-state index contributed by atoms with van der Waals surface area (Å²) in [5.41, 5.74) is 5.36. The van der Waals surface area contributed by atoms with Gasteiger partial charge in [-0.05, 0) is 56.2 Å². The molecule has 0 radical (unpaired) electrons. The molecule has 3 aromatic rings. The van der Waals surface area contributed by atoms with Crippen LogP contribution in [0.3, 0.4) is 0 Å². The number of hydrogen-bond acceptors (Lipinski definition) is 6. The zero-order valence-corrected chi connectivity index (χ0v) is 16.5. The van der Waals surface area contributed by atoms with Gasteiger partial charge in [-0.15, -0.1) is 10.2 Å². The van der Waals surface area contributed by atoms with Gasteiger partial charge < -0.3 is 10.6 Å². The van der Waals surface area contributed by atoms with Crippen LogP contribution in [0.1, 0.15) is 16.7 Å². The minimum atomic E-state index is -0.0542. The lowest BCUT2D eigenvalue weighted by Crippen LogP contribution is -2.14. The Morgan fingerprint density at radius 3 is 2.46 bits per heavy atom. The van der Waals surface area contributed by atoms with Crippen molar-refractivity contribution in [1.82, 2.24) is 10.2 Å². The molecule has 5 nitrogen and oxygen atoms in total. The molecule has 0 bridgehead atoms. The van der Waals surface area contributed by atoms with Gasteiger partial charge >= 0.3 is 0 Å². The molecular formula is C19H20N4OS2. The lowest BCUT2D eigenvalue weighted by molar-refractivity contribution is -0.113. The molecule has 1 amide bonds. The molecule has 0 aliphatic heterocycles. The summed E-state index contributed by atoms with van der Waals surface area (Å²) in [4.78, 5) is 12.1. The van der Waals surface area contributed by atoms with Crippen LogP contribution in [0.25, 0.3) is 0 Å². The number of aromatic nitrogens is 2. The summed E-state index contributed by atoms with van der Waals surface area (Å²) in [6.07, 6.45) is 0. The second-order valence-electron chi connectivity index (χ2n) is 6.00. The summed E-state index contributed by atoms with van der Waals surface area (Å²) in [6, 6.07) is 14.0. The number of carbonyl (C=O) groups excluding carboxylic acids is 1. The van der Waals surface area contributed by atoms with E-state index >= 15 is 0 Å². The Bertz CT molecular complexity index is 906. The van der Waals surface area contributed by atoms with Crippen molar-refractivity contribution in [2.75, 3.05) is 16.4 Å². The average molecular weight is 385 g/mol. The smallest absolute Gasteiger partial charge is 0.234 e. The second-order valence-corrected chi connectivity index (χ2v) is 8.20. The van der Waals surface area contributed by atoms with E-state index < -0.39 is 0 Å². The summed E-state index contributed by atoms with van der Waals surface area (Å²) in [5.74, 6) is 0.244. The summed E-state index contributed by atoms with van der Waals surface area (Å²) in [5, 5.41) is 15.1. The van der Waals surface area contributed by atoms with E-state index in [1.54, 1.807) is 0 Å². The molecule has 0 aliphatic rings. The van der Waals surface area contributed by atoms with Gasteiger partial charge in [0.25, 0.3) is 0 Å². The molecule has 0 saturated heterocycles. The van der Waals surface area contributed by atoms with Crippen LogP contribution in [0, 0.1) is 20.8 Å². The largest absolute Gasteiger partial charge is 0.330 e. The highest BCUT2D eigenvalue weighted by Crippen LogP contribution is 2.28. The average Bonchev–Trinajstić information content (AvgIpc) is 3.06. The van der Waals surface area contributed by atoms with Gasteiger partial charge in [0.2, 0.25) is 11.0 Å². The number of anilines is 3. The Labute approximate surface area is 161 Å². The number of nitrogens with one attached hydrogen (secondary N) is 2. The molecule has 2 N–H and O–H groups in total. The molecular weight excluding hydrogens is 364 g/mol. The quantitative estimate of drug-likeness (QED) is 0.589. The van der Waals surface area contributed by atoms with Gasteiger partial charge in [0, 0.05) is 11.4 Å². The van der Waals surface area contributed by atoms with Crippen molar-refractivity contribution >= 4 is 45.5 Å². The fourth-order valence-corrected chi connectivity index (χ4v) is 3.79. The van der Waals surface area contributed by atoms with Crippen LogP contribution in [-0.4, -0.2) is 21.9 Å². The van der Waals surface area contributed by atoms with Crippen molar-refractivity contribution in [2.45, 2.75) is 25.1 Å². The zero-order chi connectivity index (χ0) is 18.5. The monoisotopic (exact) mass is 384 g/mol. The van der Waals surface area contributed by atoms with Crippen molar-refractivity contribution < 1.29 is 4.79 Å². The van der Waals surface area contributed by atoms with Crippen LogP contribution < -0.4 is 10.6 Å². The molecule has 1 aromatic heterocycles. The third-order valence-electron chi connectivity index (χ3n) is 3.83. The summed E-state index contributed by atoms with van der Waals surface area (Å²) in [7, 11) is 0. The summed E-state index contributed by atoms with van der Waals surface area (Å²) in [6.45, 7) is 6.13. The number of thioether (sulfide) groups is 1. The topological polar surface area (TPSA) is 66.9 Å². The minimum Gasteiger partial charge on any atom is -0.330 e. The van der Waals surface area contributed by atoms with E-state index in [1.807, 2.05) is 56.3 Å². The third-order valence-corrected chi connectivity index (χ3v) is 5.80. The van der Waals surface area contributed by atoms with E-state index in [2.05, 4.69) is 27.8 Å². The first-order valence-corrected chi connectivity index (χ1v) is 9.97. The first-order chi connectivity index (χ1) is 12.5. The van der Waals surface area contributed by atoms with Gasteiger partial charge in [-0.2, -0.15) is 0 Å². The van der Waals surface area contributed by atoms with Crippen molar-refractivity contribution in [3.8, 4) is 0 Å². The molecule has 0 atom stereocenters. The number of benzene rings is 2. The molecule has 0 aliphatic carbocycles. The van der Waals surface area contributed by atoms with Crippen molar-refractivity contribution in [3.63, 3.8) is 0 Å². The predicted octanol–water partition coefficient (Wildman–Crippen LogP) is 4.94. The molecule has 0 saturated carbocycles. The van der Waals surface area contributed by atoms with E-state index in [0.717, 1.165) is 21.3 Å². The number of nitrogens with zero attached hydrogens (tertiary/aromatic N) is 2. The van der Waals surface area contributed by atoms with E-state index in [0.29, 0.717) is 10.9 Å². The number of hydrogen-bond donors (Lipinski definition) is 2. The van der Waals surface area contributed by atoms with Crippen molar-refractivity contribution in [3.05, 3.63) is 59.2 Å². The Morgan fingerprint density at radius 1 is 1.00 bits per heavy atom.